The van der Waals surface area contributed by atoms with Gasteiger partial charge in [0, 0.05) is 32.3 Å². The maximum Gasteiger partial charge on any atom is 0.416 e. The third kappa shape index (κ3) is 2.90. The zero-order valence-electron chi connectivity index (χ0n) is 12.1. The molecule has 0 bridgehead atoms. The second-order valence-electron chi connectivity index (χ2n) is 5.46. The highest BCUT2D eigenvalue weighted by atomic mass is 19.4. The van der Waals surface area contributed by atoms with Crippen LogP contribution in [-0.2, 0) is 13.2 Å². The Bertz CT molecular complexity index is 644. The van der Waals surface area contributed by atoms with Crippen molar-refractivity contribution in [3.63, 3.8) is 0 Å². The van der Waals surface area contributed by atoms with Crippen LogP contribution in [0.25, 0.3) is 0 Å². The maximum atomic E-state index is 12.8. The average Bonchev–Trinajstić information content (AvgIpc) is 2.93. The Balaban J connectivity index is 1.70. The van der Waals surface area contributed by atoms with Gasteiger partial charge in [0.15, 0.2) is 0 Å². The van der Waals surface area contributed by atoms with Gasteiger partial charge in [0.1, 0.15) is 18.0 Å². The Hall–Kier alpha value is -2.12. The number of hydrogen-bond acceptors (Lipinski definition) is 4. The van der Waals surface area contributed by atoms with Gasteiger partial charge in [-0.15, -0.1) is 10.2 Å². The largest absolute Gasteiger partial charge is 0.416 e. The fraction of sp³-hybridized carbons (Fsp3) is 0.500. The highest BCUT2D eigenvalue weighted by Crippen LogP contribution is 2.33. The van der Waals surface area contributed by atoms with E-state index in [0.29, 0.717) is 18.9 Å². The van der Waals surface area contributed by atoms with E-state index >= 15 is 0 Å². The van der Waals surface area contributed by atoms with Gasteiger partial charge in [0.25, 0.3) is 0 Å². The van der Waals surface area contributed by atoms with E-state index in [2.05, 4.69) is 15.2 Å². The van der Waals surface area contributed by atoms with Crippen LogP contribution in [-0.4, -0.2) is 32.8 Å². The van der Waals surface area contributed by atoms with Crippen molar-refractivity contribution in [3.8, 4) is 0 Å². The van der Waals surface area contributed by atoms with E-state index in [1.54, 1.807) is 6.33 Å². The van der Waals surface area contributed by atoms with Crippen molar-refractivity contribution in [1.82, 2.24) is 19.7 Å². The van der Waals surface area contributed by atoms with Crippen molar-refractivity contribution in [1.29, 1.82) is 0 Å². The summed E-state index contributed by atoms with van der Waals surface area (Å²) in [6.45, 7) is 1.32. The van der Waals surface area contributed by atoms with Gasteiger partial charge in [0.05, 0.1) is 5.56 Å². The topological polar surface area (TPSA) is 46.8 Å². The zero-order chi connectivity index (χ0) is 15.7. The van der Waals surface area contributed by atoms with Gasteiger partial charge in [-0.05, 0) is 25.0 Å². The molecule has 0 radical (unpaired) electrons. The smallest absolute Gasteiger partial charge is 0.357 e. The van der Waals surface area contributed by atoms with Crippen LogP contribution in [0.5, 0.6) is 0 Å². The molecule has 0 saturated carbocycles. The molecule has 1 aliphatic heterocycles. The number of nitrogens with zero attached hydrogens (tertiary/aromatic N) is 5. The van der Waals surface area contributed by atoms with Gasteiger partial charge < -0.3 is 9.47 Å². The normalized spacial score (nSPS) is 17.0. The van der Waals surface area contributed by atoms with E-state index in [0.717, 1.165) is 30.8 Å². The summed E-state index contributed by atoms with van der Waals surface area (Å²) in [7, 11) is 1.90. The lowest BCUT2D eigenvalue weighted by Gasteiger charge is -2.32. The van der Waals surface area contributed by atoms with E-state index in [-0.39, 0.29) is 5.92 Å². The van der Waals surface area contributed by atoms with E-state index in [1.165, 1.54) is 6.20 Å². The van der Waals surface area contributed by atoms with E-state index < -0.39 is 11.7 Å². The predicted molar refractivity (Wildman–Crippen MR) is 74.4 cm³/mol. The van der Waals surface area contributed by atoms with Gasteiger partial charge in [-0.1, -0.05) is 0 Å². The summed E-state index contributed by atoms with van der Waals surface area (Å²) in [6.07, 6.45) is 0.187. The molecule has 0 amide bonds. The molecule has 0 aromatic carbocycles. The molecular formula is C14H16F3N5. The number of piperidine rings is 1. The van der Waals surface area contributed by atoms with Crippen molar-refractivity contribution in [2.75, 3.05) is 18.0 Å². The van der Waals surface area contributed by atoms with Crippen LogP contribution in [0, 0.1) is 0 Å². The number of anilines is 1. The molecule has 0 N–H and O–H groups in total. The number of alkyl halides is 3. The molecule has 0 unspecified atom stereocenters. The highest BCUT2D eigenvalue weighted by Gasteiger charge is 2.32. The van der Waals surface area contributed by atoms with Crippen molar-refractivity contribution in [2.45, 2.75) is 24.9 Å². The fourth-order valence-electron chi connectivity index (χ4n) is 2.80. The SMILES string of the molecule is Cn1cnnc1C1CCN(c2cc(C(F)(F)F)ccn2)CC1. The molecule has 118 valence electrons. The molecule has 2 aromatic heterocycles. The van der Waals surface area contributed by atoms with Crippen LogP contribution >= 0.6 is 0 Å². The Labute approximate surface area is 125 Å². The van der Waals surface area contributed by atoms with Gasteiger partial charge in [-0.3, -0.25) is 0 Å². The lowest BCUT2D eigenvalue weighted by molar-refractivity contribution is -0.137. The second kappa shape index (κ2) is 5.58. The van der Waals surface area contributed by atoms with Crippen LogP contribution in [0.2, 0.25) is 0 Å². The summed E-state index contributed by atoms with van der Waals surface area (Å²) in [5, 5.41) is 7.99. The van der Waals surface area contributed by atoms with E-state index in [1.807, 2.05) is 16.5 Å². The first-order valence-electron chi connectivity index (χ1n) is 7.07. The molecule has 0 aliphatic carbocycles. The first-order chi connectivity index (χ1) is 10.4. The molecule has 2 aromatic rings. The Morgan fingerprint density at radius 3 is 2.55 bits per heavy atom. The van der Waals surface area contributed by atoms with Crippen LogP contribution in [0.15, 0.2) is 24.7 Å². The van der Waals surface area contributed by atoms with Crippen LogP contribution in [0.1, 0.15) is 30.1 Å². The molecule has 22 heavy (non-hydrogen) atoms. The molecule has 3 rings (SSSR count). The summed E-state index contributed by atoms with van der Waals surface area (Å²) in [4.78, 5) is 5.97. The molecule has 1 aliphatic rings. The minimum atomic E-state index is -4.34. The lowest BCUT2D eigenvalue weighted by atomic mass is 9.96. The molecule has 1 saturated heterocycles. The third-order valence-electron chi connectivity index (χ3n) is 4.00. The van der Waals surface area contributed by atoms with Gasteiger partial charge in [0.2, 0.25) is 0 Å². The van der Waals surface area contributed by atoms with Crippen molar-refractivity contribution < 1.29 is 13.2 Å². The summed E-state index contributed by atoms with van der Waals surface area (Å²) in [5.74, 6) is 1.59. The number of aromatic nitrogens is 4. The second-order valence-corrected chi connectivity index (χ2v) is 5.46. The molecule has 3 heterocycles. The highest BCUT2D eigenvalue weighted by molar-refractivity contribution is 5.42. The molecule has 0 spiro atoms. The summed E-state index contributed by atoms with van der Waals surface area (Å²) in [6, 6.07) is 2.11. The first-order valence-corrected chi connectivity index (χ1v) is 7.07. The number of aryl methyl sites for hydroxylation is 1. The van der Waals surface area contributed by atoms with Crippen LogP contribution < -0.4 is 4.90 Å². The standard InChI is InChI=1S/C14H16F3N5/c1-21-9-19-20-13(21)10-3-6-22(7-4-10)12-8-11(2-5-18-12)14(15,16)17/h2,5,8-10H,3-4,6-7H2,1H3. The number of halogens is 3. The van der Waals surface area contributed by atoms with Gasteiger partial charge in [-0.25, -0.2) is 4.98 Å². The average molecular weight is 311 g/mol. The Kier molecular flexibility index (Phi) is 3.76. The third-order valence-corrected chi connectivity index (χ3v) is 4.00. The van der Waals surface area contributed by atoms with E-state index in [4.69, 9.17) is 0 Å². The van der Waals surface area contributed by atoms with Crippen molar-refractivity contribution in [3.05, 3.63) is 36.0 Å². The molecule has 8 heteroatoms. The number of rotatable bonds is 2. The number of pyridine rings is 1. The summed E-state index contributed by atoms with van der Waals surface area (Å²) in [5.41, 5.74) is -0.659. The summed E-state index contributed by atoms with van der Waals surface area (Å²) < 4.78 is 40.2. The van der Waals surface area contributed by atoms with Crippen molar-refractivity contribution >= 4 is 5.82 Å². The first kappa shape index (κ1) is 14.8. The Morgan fingerprint density at radius 1 is 1.23 bits per heavy atom. The van der Waals surface area contributed by atoms with Gasteiger partial charge >= 0.3 is 6.18 Å². The molecule has 1 fully saturated rings. The molecular weight excluding hydrogens is 295 g/mol. The quantitative estimate of drug-likeness (QED) is 0.855. The lowest BCUT2D eigenvalue weighted by Crippen LogP contribution is -2.34. The minimum absolute atomic E-state index is 0.287. The predicted octanol–water partition coefficient (Wildman–Crippen LogP) is 2.61. The molecule has 0 atom stereocenters. The number of hydrogen-bond donors (Lipinski definition) is 0. The zero-order valence-corrected chi connectivity index (χ0v) is 12.1. The molecule has 5 nitrogen and oxygen atoms in total. The minimum Gasteiger partial charge on any atom is -0.357 e. The fourth-order valence-corrected chi connectivity index (χ4v) is 2.80. The van der Waals surface area contributed by atoms with Crippen molar-refractivity contribution in [2.24, 2.45) is 7.05 Å². The van der Waals surface area contributed by atoms with E-state index in [9.17, 15) is 13.2 Å². The van der Waals surface area contributed by atoms with Gasteiger partial charge in [-0.2, -0.15) is 13.2 Å². The van der Waals surface area contributed by atoms with Crippen LogP contribution in [0.4, 0.5) is 19.0 Å². The Morgan fingerprint density at radius 2 is 1.95 bits per heavy atom. The monoisotopic (exact) mass is 311 g/mol. The summed E-state index contributed by atoms with van der Waals surface area (Å²) >= 11 is 0. The maximum absolute atomic E-state index is 12.8. The van der Waals surface area contributed by atoms with Crippen LogP contribution in [0.3, 0.4) is 0 Å².